The van der Waals surface area contributed by atoms with Crippen molar-refractivity contribution < 1.29 is 38.1 Å². The number of ether oxygens (including phenoxy) is 4. The molecule has 0 saturated carbocycles. The number of hydrogen-bond acceptors (Lipinski definition) is 8. The molecule has 0 aliphatic carbocycles. The maximum absolute atomic E-state index is 13.3. The van der Waals surface area contributed by atoms with Crippen molar-refractivity contribution in [3.63, 3.8) is 0 Å². The average molecular weight is 677 g/mol. The molecule has 2 aromatic rings. The Kier molecular flexibility index (Phi) is 16.0. The van der Waals surface area contributed by atoms with Gasteiger partial charge in [0.25, 0.3) is 0 Å². The molecule has 12 heteroatoms. The van der Waals surface area contributed by atoms with Crippen LogP contribution in [0, 0.1) is 11.8 Å². The lowest BCUT2D eigenvalue weighted by Crippen LogP contribution is -2.41. The molecule has 49 heavy (non-hydrogen) atoms. The van der Waals surface area contributed by atoms with Crippen molar-refractivity contribution in [2.45, 2.75) is 51.6 Å². The van der Waals surface area contributed by atoms with Crippen LogP contribution in [-0.2, 0) is 44.7 Å². The van der Waals surface area contributed by atoms with E-state index in [9.17, 15) is 19.2 Å². The number of nitrogens with zero attached hydrogens (tertiary/aromatic N) is 2. The highest BCUT2D eigenvalue weighted by molar-refractivity contribution is 5.97. The van der Waals surface area contributed by atoms with E-state index in [0.717, 1.165) is 41.8 Å². The van der Waals surface area contributed by atoms with Gasteiger partial charge in [0, 0.05) is 49.5 Å². The second-order valence-corrected chi connectivity index (χ2v) is 11.8. The number of rotatable bonds is 20. The smallest absolute Gasteiger partial charge is 0.242 e. The van der Waals surface area contributed by atoms with Crippen LogP contribution in [0.2, 0.25) is 0 Å². The number of para-hydroxylation sites is 1. The number of hydrogen-bond donors (Lipinski definition) is 2. The zero-order chi connectivity index (χ0) is 34.7. The third-order valence-electron chi connectivity index (χ3n) is 8.21. The molecule has 2 heterocycles. The summed E-state index contributed by atoms with van der Waals surface area (Å²) in [6, 6.07) is 15.6. The van der Waals surface area contributed by atoms with Crippen LogP contribution in [0.25, 0.3) is 0 Å². The quantitative estimate of drug-likeness (QED) is 0.161. The fourth-order valence-electron chi connectivity index (χ4n) is 5.51. The van der Waals surface area contributed by atoms with Crippen LogP contribution < -0.4 is 15.5 Å². The van der Waals surface area contributed by atoms with E-state index in [1.165, 1.54) is 0 Å². The Morgan fingerprint density at radius 2 is 1.33 bits per heavy atom. The van der Waals surface area contributed by atoms with Crippen LogP contribution in [0.15, 0.2) is 48.5 Å². The highest BCUT2D eigenvalue weighted by Gasteiger charge is 2.25. The number of anilines is 1. The van der Waals surface area contributed by atoms with Crippen LogP contribution in [0.5, 0.6) is 0 Å². The Hall–Kier alpha value is -4.28. The second kappa shape index (κ2) is 20.9. The van der Waals surface area contributed by atoms with Gasteiger partial charge in [-0.2, -0.15) is 0 Å². The van der Waals surface area contributed by atoms with E-state index in [-0.39, 0.29) is 62.1 Å². The molecule has 12 nitrogen and oxygen atoms in total. The van der Waals surface area contributed by atoms with Crippen LogP contribution >= 0.6 is 0 Å². The Morgan fingerprint density at radius 3 is 2.04 bits per heavy atom. The minimum atomic E-state index is -0.211. The number of carbonyl (C=O) groups is 4. The zero-order valence-corrected chi connectivity index (χ0v) is 28.4. The first-order valence-electron chi connectivity index (χ1n) is 17.1. The number of nitrogens with one attached hydrogen (secondary N) is 2. The van der Waals surface area contributed by atoms with Gasteiger partial charge in [-0.1, -0.05) is 42.2 Å². The molecule has 1 unspecified atom stereocenters. The lowest BCUT2D eigenvalue weighted by atomic mass is 10.0. The van der Waals surface area contributed by atoms with Crippen molar-refractivity contribution in [3.05, 3.63) is 65.2 Å². The Balaban J connectivity index is 0.949. The van der Waals surface area contributed by atoms with Gasteiger partial charge in [-0.3, -0.25) is 19.2 Å². The fraction of sp³-hybridized carbons (Fsp3) is 0.514. The van der Waals surface area contributed by atoms with Gasteiger partial charge in [0.05, 0.1) is 71.6 Å². The van der Waals surface area contributed by atoms with Crippen LogP contribution in [0.1, 0.15) is 55.7 Å². The molecular formula is C37H48N4O8. The van der Waals surface area contributed by atoms with Gasteiger partial charge in [-0.05, 0) is 43.5 Å². The molecule has 1 fully saturated rings. The molecule has 2 aromatic carbocycles. The normalized spacial score (nSPS) is 14.9. The van der Waals surface area contributed by atoms with Gasteiger partial charge >= 0.3 is 0 Å². The number of benzene rings is 2. The van der Waals surface area contributed by atoms with Crippen molar-refractivity contribution in [1.29, 1.82) is 0 Å². The summed E-state index contributed by atoms with van der Waals surface area (Å²) in [5.41, 5.74) is 3.39. The first-order chi connectivity index (χ1) is 23.9. The Bertz CT molecular complexity index is 1460. The average Bonchev–Trinajstić information content (AvgIpc) is 3.54. The van der Waals surface area contributed by atoms with Crippen LogP contribution in [0.3, 0.4) is 0 Å². The maximum Gasteiger partial charge on any atom is 0.242 e. The molecule has 264 valence electrons. The van der Waals surface area contributed by atoms with Crippen LogP contribution in [0.4, 0.5) is 5.69 Å². The lowest BCUT2D eigenvalue weighted by Gasteiger charge is -2.26. The number of carbonyl (C=O) groups excluding carboxylic acids is 4. The molecule has 1 saturated heterocycles. The molecule has 2 N–H and O–H groups in total. The van der Waals surface area contributed by atoms with Crippen molar-refractivity contribution in [1.82, 2.24) is 15.5 Å². The lowest BCUT2D eigenvalue weighted by molar-refractivity contribution is -0.133. The summed E-state index contributed by atoms with van der Waals surface area (Å²) >= 11 is 0. The van der Waals surface area contributed by atoms with Gasteiger partial charge in [-0.25, -0.2) is 0 Å². The molecule has 0 radical (unpaired) electrons. The van der Waals surface area contributed by atoms with E-state index in [1.807, 2.05) is 60.4 Å². The highest BCUT2D eigenvalue weighted by atomic mass is 16.6. The van der Waals surface area contributed by atoms with E-state index in [2.05, 4.69) is 22.5 Å². The summed E-state index contributed by atoms with van der Waals surface area (Å²) in [5.74, 6) is 5.79. The molecule has 2 aliphatic heterocycles. The van der Waals surface area contributed by atoms with E-state index < -0.39 is 0 Å². The summed E-state index contributed by atoms with van der Waals surface area (Å²) < 4.78 is 21.9. The monoisotopic (exact) mass is 676 g/mol. The highest BCUT2D eigenvalue weighted by Crippen LogP contribution is 2.26. The molecule has 0 spiro atoms. The van der Waals surface area contributed by atoms with Gasteiger partial charge in [-0.15, -0.1) is 0 Å². The zero-order valence-electron chi connectivity index (χ0n) is 28.4. The fourth-order valence-corrected chi connectivity index (χ4v) is 5.51. The van der Waals surface area contributed by atoms with Gasteiger partial charge < -0.3 is 39.4 Å². The third-order valence-corrected chi connectivity index (χ3v) is 8.21. The minimum absolute atomic E-state index is 0.0282. The summed E-state index contributed by atoms with van der Waals surface area (Å²) in [6.45, 7) is 6.44. The summed E-state index contributed by atoms with van der Waals surface area (Å²) in [7, 11) is 0. The summed E-state index contributed by atoms with van der Waals surface area (Å²) in [6.07, 6.45) is 2.37. The van der Waals surface area contributed by atoms with Gasteiger partial charge in [0.1, 0.15) is 0 Å². The van der Waals surface area contributed by atoms with Gasteiger partial charge in [0.2, 0.25) is 23.6 Å². The van der Waals surface area contributed by atoms with Crippen molar-refractivity contribution in [3.8, 4) is 11.8 Å². The summed E-state index contributed by atoms with van der Waals surface area (Å²) in [4.78, 5) is 53.3. The minimum Gasteiger partial charge on any atom is -0.379 e. The standard InChI is InChI=1S/C37H48N4O8/c1-29-7-6-18-40(29)37(45)27-39-35(43)16-19-46-21-23-48-25-26-49-24-22-47-20-17-38-34(42)14-15-36(44)41-28-32-10-3-2-8-30(32)12-13-31-9-4-5-11-33(31)41/h2-5,8-11,29H,6-7,14-28H2,1H3,(H,38,42)(H,39,43). The van der Waals surface area contributed by atoms with Gasteiger partial charge in [0.15, 0.2) is 0 Å². The number of fused-ring (bicyclic) bond motifs is 2. The topological polar surface area (TPSA) is 136 Å². The molecule has 0 aromatic heterocycles. The van der Waals surface area contributed by atoms with E-state index >= 15 is 0 Å². The Labute approximate surface area is 288 Å². The molecule has 2 aliphatic rings. The largest absolute Gasteiger partial charge is 0.379 e. The number of likely N-dealkylation sites (tertiary alicyclic amines) is 1. The molecule has 4 rings (SSSR count). The number of amides is 4. The van der Waals surface area contributed by atoms with Crippen molar-refractivity contribution in [2.75, 3.05) is 77.4 Å². The van der Waals surface area contributed by atoms with Crippen molar-refractivity contribution >= 4 is 29.3 Å². The summed E-state index contributed by atoms with van der Waals surface area (Å²) in [5, 5.41) is 5.46. The predicted octanol–water partition coefficient (Wildman–Crippen LogP) is 2.41. The third kappa shape index (κ3) is 12.9. The van der Waals surface area contributed by atoms with E-state index in [0.29, 0.717) is 59.3 Å². The molecule has 1 atom stereocenters. The van der Waals surface area contributed by atoms with Crippen molar-refractivity contribution in [2.24, 2.45) is 0 Å². The predicted molar refractivity (Wildman–Crippen MR) is 184 cm³/mol. The first kappa shape index (κ1) is 37.5. The second-order valence-electron chi connectivity index (χ2n) is 11.8. The maximum atomic E-state index is 13.3. The van der Waals surface area contributed by atoms with E-state index in [4.69, 9.17) is 18.9 Å². The molecule has 4 amide bonds. The van der Waals surface area contributed by atoms with Crippen LogP contribution in [-0.4, -0.2) is 107 Å². The van der Waals surface area contributed by atoms with E-state index in [1.54, 1.807) is 4.90 Å². The first-order valence-corrected chi connectivity index (χ1v) is 17.1. The SMILES string of the molecule is CC1CCCN1C(=O)CNC(=O)CCOCCOCCOCCOCCNC(=O)CCC(=O)N1Cc2ccccc2C#Cc2ccccc21. The molecular weight excluding hydrogens is 628 g/mol. The molecule has 0 bridgehead atoms. The Morgan fingerprint density at radius 1 is 0.714 bits per heavy atom.